The van der Waals surface area contributed by atoms with Crippen LogP contribution >= 0.6 is 0 Å². The van der Waals surface area contributed by atoms with E-state index in [1.165, 1.54) is 89.1 Å². The second-order valence-corrected chi connectivity index (χ2v) is 14.5. The van der Waals surface area contributed by atoms with Gasteiger partial charge in [-0.05, 0) is 87.2 Å². The standard InChI is InChI=1S/C47H37N/c1-5-6-15-31-29(2)47(40-21-12-8-17-33(40)34-18-9-13-22-41(34)47)43-27-38-36-19-10-14-23-44(36)48(45(38)28-37(31)43)30-24-25-35-32-16-7-11-20-39(32)46(3,4)42(35)26-30/h5-27,37H,1,28H2,2-4H3/b15-6-. The van der Waals surface area contributed by atoms with Gasteiger partial charge in [-0.15, -0.1) is 0 Å². The SMILES string of the molecule is C=C/C=C\C1=C(C)C2(C3=Cc4c(n(-c5ccc6c(c5)C(C)(C)c5ccccc5-6)c5ccccc45)CC31)c1ccccc1-c1ccccc12. The number of benzene rings is 5. The Balaban J connectivity index is 1.25. The van der Waals surface area contributed by atoms with E-state index in [-0.39, 0.29) is 16.7 Å². The van der Waals surface area contributed by atoms with Crippen LogP contribution in [0.4, 0.5) is 0 Å². The van der Waals surface area contributed by atoms with E-state index in [2.05, 4.69) is 165 Å². The minimum absolute atomic E-state index is 0.0540. The molecule has 1 heterocycles. The van der Waals surface area contributed by atoms with Gasteiger partial charge >= 0.3 is 0 Å². The molecule has 0 saturated heterocycles. The van der Waals surface area contributed by atoms with Crippen LogP contribution in [0.3, 0.4) is 0 Å². The zero-order valence-corrected chi connectivity index (χ0v) is 27.7. The molecule has 0 amide bonds. The van der Waals surface area contributed by atoms with Crippen LogP contribution in [0, 0.1) is 5.92 Å². The Morgan fingerprint density at radius 3 is 2.02 bits per heavy atom. The third-order valence-electron chi connectivity index (χ3n) is 12.1. The second kappa shape index (κ2) is 9.58. The van der Waals surface area contributed by atoms with Gasteiger partial charge in [0.2, 0.25) is 0 Å². The van der Waals surface area contributed by atoms with Crippen molar-refractivity contribution >= 4 is 17.0 Å². The van der Waals surface area contributed by atoms with Gasteiger partial charge in [-0.25, -0.2) is 0 Å². The van der Waals surface area contributed by atoms with Crippen molar-refractivity contribution in [2.24, 2.45) is 5.92 Å². The zero-order valence-electron chi connectivity index (χ0n) is 27.7. The Labute approximate surface area is 282 Å². The van der Waals surface area contributed by atoms with Crippen molar-refractivity contribution in [2.45, 2.75) is 38.0 Å². The summed E-state index contributed by atoms with van der Waals surface area (Å²) in [5.74, 6) is 0.256. The fraction of sp³-hybridized carbons (Fsp3) is 0.149. The number of para-hydroxylation sites is 1. The Kier molecular flexibility index (Phi) is 5.53. The largest absolute Gasteiger partial charge is 0.313 e. The first-order valence-corrected chi connectivity index (χ1v) is 17.2. The van der Waals surface area contributed by atoms with Gasteiger partial charge in [-0.2, -0.15) is 0 Å². The average molecular weight is 616 g/mol. The highest BCUT2D eigenvalue weighted by molar-refractivity contribution is 5.97. The van der Waals surface area contributed by atoms with Gasteiger partial charge in [0.25, 0.3) is 0 Å². The lowest BCUT2D eigenvalue weighted by molar-refractivity contribution is 0.641. The second-order valence-electron chi connectivity index (χ2n) is 14.5. The van der Waals surface area contributed by atoms with E-state index >= 15 is 0 Å². The van der Waals surface area contributed by atoms with Crippen LogP contribution in [0.2, 0.25) is 0 Å². The molecule has 4 aliphatic rings. The van der Waals surface area contributed by atoms with Crippen LogP contribution in [0.15, 0.2) is 157 Å². The third kappa shape index (κ3) is 3.27. The molecule has 1 aromatic heterocycles. The molecule has 1 spiro atoms. The number of hydrogen-bond acceptors (Lipinski definition) is 0. The average Bonchev–Trinajstić information content (AvgIpc) is 3.76. The summed E-state index contributed by atoms with van der Waals surface area (Å²) in [4.78, 5) is 0. The molecule has 10 rings (SSSR count). The molecule has 1 heteroatoms. The molecule has 48 heavy (non-hydrogen) atoms. The molecule has 0 radical (unpaired) electrons. The molecule has 1 unspecified atom stereocenters. The van der Waals surface area contributed by atoms with E-state index in [4.69, 9.17) is 0 Å². The number of hydrogen-bond donors (Lipinski definition) is 0. The van der Waals surface area contributed by atoms with Crippen molar-refractivity contribution in [3.8, 4) is 27.9 Å². The molecular formula is C47H37N. The molecule has 4 aliphatic carbocycles. The monoisotopic (exact) mass is 615 g/mol. The van der Waals surface area contributed by atoms with Gasteiger partial charge in [0.1, 0.15) is 0 Å². The van der Waals surface area contributed by atoms with Gasteiger partial charge in [-0.3, -0.25) is 0 Å². The minimum Gasteiger partial charge on any atom is -0.313 e. The van der Waals surface area contributed by atoms with Crippen molar-refractivity contribution < 1.29 is 0 Å². The van der Waals surface area contributed by atoms with Crippen LogP contribution < -0.4 is 0 Å². The third-order valence-corrected chi connectivity index (χ3v) is 12.1. The first-order chi connectivity index (χ1) is 23.5. The van der Waals surface area contributed by atoms with E-state index < -0.39 is 0 Å². The number of fused-ring (bicyclic) bond motifs is 13. The highest BCUT2D eigenvalue weighted by Crippen LogP contribution is 2.65. The predicted octanol–water partition coefficient (Wildman–Crippen LogP) is 11.5. The molecule has 0 aliphatic heterocycles. The molecule has 1 atom stereocenters. The summed E-state index contributed by atoms with van der Waals surface area (Å²) in [6, 6.07) is 43.4. The smallest absolute Gasteiger partial charge is 0.0645 e. The molecular weight excluding hydrogens is 579 g/mol. The van der Waals surface area contributed by atoms with Crippen molar-refractivity contribution in [1.29, 1.82) is 0 Å². The topological polar surface area (TPSA) is 4.93 Å². The Morgan fingerprint density at radius 2 is 1.31 bits per heavy atom. The summed E-state index contributed by atoms with van der Waals surface area (Å²) in [5.41, 5.74) is 20.4. The molecule has 6 aromatic rings. The minimum atomic E-state index is -0.289. The first kappa shape index (κ1) is 27.7. The fourth-order valence-corrected chi connectivity index (χ4v) is 10.1. The van der Waals surface area contributed by atoms with E-state index in [9.17, 15) is 0 Å². The van der Waals surface area contributed by atoms with E-state index in [0.717, 1.165) is 6.42 Å². The van der Waals surface area contributed by atoms with E-state index in [1.807, 2.05) is 6.08 Å². The van der Waals surface area contributed by atoms with Gasteiger partial charge in [0.15, 0.2) is 0 Å². The van der Waals surface area contributed by atoms with Crippen molar-refractivity contribution in [1.82, 2.24) is 4.57 Å². The van der Waals surface area contributed by atoms with Gasteiger partial charge in [-0.1, -0.05) is 147 Å². The predicted molar refractivity (Wildman–Crippen MR) is 201 cm³/mol. The maximum Gasteiger partial charge on any atom is 0.0645 e. The highest BCUT2D eigenvalue weighted by atomic mass is 15.0. The lowest BCUT2D eigenvalue weighted by Crippen LogP contribution is -2.29. The maximum absolute atomic E-state index is 4.06. The fourth-order valence-electron chi connectivity index (χ4n) is 10.1. The van der Waals surface area contributed by atoms with Gasteiger partial charge in [0, 0.05) is 33.7 Å². The molecule has 1 nitrogen and oxygen atoms in total. The van der Waals surface area contributed by atoms with Crippen LogP contribution in [0.1, 0.15) is 54.3 Å². The number of aromatic nitrogens is 1. The summed E-state index contributed by atoms with van der Waals surface area (Å²) in [6.07, 6.45) is 9.92. The van der Waals surface area contributed by atoms with E-state index in [0.29, 0.717) is 0 Å². The Morgan fingerprint density at radius 1 is 0.708 bits per heavy atom. The van der Waals surface area contributed by atoms with Gasteiger partial charge in [0.05, 0.1) is 10.9 Å². The molecule has 0 bridgehead atoms. The van der Waals surface area contributed by atoms with Crippen LogP contribution in [-0.4, -0.2) is 4.57 Å². The van der Waals surface area contributed by atoms with Crippen LogP contribution in [-0.2, 0) is 17.3 Å². The lowest BCUT2D eigenvalue weighted by Gasteiger charge is -2.35. The number of nitrogens with zero attached hydrogens (tertiary/aromatic N) is 1. The summed E-state index contributed by atoms with van der Waals surface area (Å²) >= 11 is 0. The Bertz CT molecular complexity index is 2440. The molecule has 0 saturated carbocycles. The van der Waals surface area contributed by atoms with E-state index in [1.54, 1.807) is 0 Å². The van der Waals surface area contributed by atoms with Gasteiger partial charge < -0.3 is 4.57 Å². The molecule has 230 valence electrons. The molecule has 5 aromatic carbocycles. The van der Waals surface area contributed by atoms with Crippen molar-refractivity contribution in [3.63, 3.8) is 0 Å². The van der Waals surface area contributed by atoms with Crippen molar-refractivity contribution in [2.75, 3.05) is 0 Å². The number of rotatable bonds is 3. The summed E-state index contributed by atoms with van der Waals surface area (Å²) < 4.78 is 2.57. The summed E-state index contributed by atoms with van der Waals surface area (Å²) in [7, 11) is 0. The number of allylic oxidation sites excluding steroid dienone is 6. The van der Waals surface area contributed by atoms with Crippen LogP contribution in [0.25, 0.3) is 44.9 Å². The lowest BCUT2D eigenvalue weighted by atomic mass is 9.67. The molecule has 0 fully saturated rings. The van der Waals surface area contributed by atoms with Crippen molar-refractivity contribution in [3.05, 3.63) is 190 Å². The van der Waals surface area contributed by atoms with Crippen LogP contribution in [0.5, 0.6) is 0 Å². The Hall–Kier alpha value is -5.40. The zero-order chi connectivity index (χ0) is 32.4. The molecule has 0 N–H and O–H groups in total. The summed E-state index contributed by atoms with van der Waals surface area (Å²) in [5, 5.41) is 1.32. The summed E-state index contributed by atoms with van der Waals surface area (Å²) in [6.45, 7) is 11.2. The normalized spacial score (nSPS) is 18.8. The highest BCUT2D eigenvalue weighted by Gasteiger charge is 2.55. The quantitative estimate of drug-likeness (QED) is 0.175. The first-order valence-electron chi connectivity index (χ1n) is 17.2. The maximum atomic E-state index is 4.06.